The van der Waals surface area contributed by atoms with Crippen molar-refractivity contribution in [3.8, 4) is 11.8 Å². The van der Waals surface area contributed by atoms with Crippen LogP contribution in [0.5, 0.6) is 0 Å². The summed E-state index contributed by atoms with van der Waals surface area (Å²) < 4.78 is 1.58. The molecule has 3 aromatic carbocycles. The smallest absolute Gasteiger partial charge is 0.314 e. The minimum atomic E-state index is -0.204. The van der Waals surface area contributed by atoms with E-state index in [1.54, 1.807) is 4.68 Å². The Balaban J connectivity index is 1.25. The van der Waals surface area contributed by atoms with Crippen molar-refractivity contribution in [1.82, 2.24) is 20.4 Å². The average molecular weight is 439 g/mol. The number of benzene rings is 3. The second-order valence-corrected chi connectivity index (χ2v) is 7.74. The lowest BCUT2D eigenvalue weighted by Gasteiger charge is -2.09. The molecule has 0 aliphatic carbocycles. The highest BCUT2D eigenvalue weighted by molar-refractivity contribution is 5.85. The average Bonchev–Trinajstić information content (AvgIpc) is 3.17. The van der Waals surface area contributed by atoms with Crippen LogP contribution >= 0.6 is 0 Å². The predicted molar refractivity (Wildman–Crippen MR) is 130 cm³/mol. The normalized spacial score (nSPS) is 10.6. The number of aromatic nitrogens is 2. The van der Waals surface area contributed by atoms with E-state index in [9.17, 15) is 10.1 Å². The van der Waals surface area contributed by atoms with Gasteiger partial charge in [-0.3, -0.25) is 0 Å². The first kappa shape index (κ1) is 21.9. The number of nitrogen functional groups attached to an aromatic ring is 1. The van der Waals surface area contributed by atoms with Gasteiger partial charge in [0, 0.05) is 13.1 Å². The van der Waals surface area contributed by atoms with E-state index in [0.717, 1.165) is 12.1 Å². The van der Waals surface area contributed by atoms with Gasteiger partial charge in [0.15, 0.2) is 0 Å². The van der Waals surface area contributed by atoms with Crippen LogP contribution in [0.25, 0.3) is 16.5 Å². The third kappa shape index (κ3) is 5.13. The van der Waals surface area contributed by atoms with Crippen LogP contribution in [0.2, 0.25) is 0 Å². The van der Waals surface area contributed by atoms with Crippen LogP contribution in [0.4, 0.5) is 10.6 Å². The maximum Gasteiger partial charge on any atom is 0.314 e. The summed E-state index contributed by atoms with van der Waals surface area (Å²) in [6.45, 7) is 1.03. The van der Waals surface area contributed by atoms with Gasteiger partial charge in [0.2, 0.25) is 0 Å². The number of rotatable bonds is 8. The lowest BCUT2D eigenvalue weighted by molar-refractivity contribution is 0.241. The number of urea groups is 1. The third-order valence-electron chi connectivity index (χ3n) is 5.54. The molecule has 0 bridgehead atoms. The number of aryl methyl sites for hydroxylation is 1. The minimum absolute atomic E-state index is 0.204. The fourth-order valence-corrected chi connectivity index (χ4v) is 3.88. The Morgan fingerprint density at radius 1 is 0.939 bits per heavy atom. The molecule has 4 rings (SSSR count). The van der Waals surface area contributed by atoms with E-state index in [4.69, 9.17) is 5.73 Å². The number of fused-ring (bicyclic) bond motifs is 1. The van der Waals surface area contributed by atoms with Crippen LogP contribution in [0.3, 0.4) is 0 Å². The van der Waals surface area contributed by atoms with E-state index in [-0.39, 0.29) is 6.03 Å². The molecule has 1 aromatic heterocycles. The van der Waals surface area contributed by atoms with Crippen LogP contribution in [-0.4, -0.2) is 28.9 Å². The zero-order valence-electron chi connectivity index (χ0n) is 18.3. The molecule has 166 valence electrons. The zero-order valence-corrected chi connectivity index (χ0v) is 18.3. The number of nitrogens with one attached hydrogen (secondary N) is 2. The molecule has 0 atom stereocenters. The van der Waals surface area contributed by atoms with Crippen molar-refractivity contribution in [2.24, 2.45) is 0 Å². The molecule has 4 aromatic rings. The summed E-state index contributed by atoms with van der Waals surface area (Å²) in [6.07, 6.45) is 1.95. The number of carbonyl (C=O) groups is 1. The zero-order chi connectivity index (χ0) is 23.0. The Kier molecular flexibility index (Phi) is 6.86. The van der Waals surface area contributed by atoms with Crippen molar-refractivity contribution >= 4 is 22.6 Å². The van der Waals surface area contributed by atoms with Gasteiger partial charge >= 0.3 is 6.03 Å². The minimum Gasteiger partial charge on any atom is -0.382 e. The highest BCUT2D eigenvalue weighted by Crippen LogP contribution is 2.21. The van der Waals surface area contributed by atoms with Crippen LogP contribution in [0.15, 0.2) is 72.8 Å². The van der Waals surface area contributed by atoms with Crippen LogP contribution < -0.4 is 16.4 Å². The van der Waals surface area contributed by atoms with E-state index in [0.29, 0.717) is 43.0 Å². The van der Waals surface area contributed by atoms with Gasteiger partial charge in [0.25, 0.3) is 0 Å². The van der Waals surface area contributed by atoms with E-state index in [1.165, 1.54) is 16.3 Å². The molecule has 0 saturated carbocycles. The van der Waals surface area contributed by atoms with Gasteiger partial charge in [-0.2, -0.15) is 10.4 Å². The number of nitrogens with zero attached hydrogens (tertiary/aromatic N) is 3. The highest BCUT2D eigenvalue weighted by atomic mass is 16.2. The topological polar surface area (TPSA) is 109 Å². The van der Waals surface area contributed by atoms with E-state index in [1.807, 2.05) is 48.5 Å². The molecule has 4 N–H and O–H groups in total. The molecule has 1 heterocycles. The summed E-state index contributed by atoms with van der Waals surface area (Å²) in [7, 11) is 0. The number of nitrogens with two attached hydrogens (primary N) is 1. The molecule has 0 aliphatic heterocycles. The molecule has 0 aliphatic rings. The first-order valence-corrected chi connectivity index (χ1v) is 11.0. The first-order chi connectivity index (χ1) is 16.2. The second kappa shape index (κ2) is 10.3. The van der Waals surface area contributed by atoms with Crippen molar-refractivity contribution in [3.05, 3.63) is 89.6 Å². The quantitative estimate of drug-likeness (QED) is 0.362. The molecule has 33 heavy (non-hydrogen) atoms. The molecule has 7 heteroatoms. The van der Waals surface area contributed by atoms with Crippen molar-refractivity contribution in [1.29, 1.82) is 5.26 Å². The van der Waals surface area contributed by atoms with Gasteiger partial charge in [-0.05, 0) is 47.7 Å². The number of para-hydroxylation sites is 1. The molecule has 2 amide bonds. The standard InChI is InChI=1S/C26H26N6O/c27-18-23-24(31-32(25(23)28)21-11-2-1-3-12-21)14-7-16-29-26(33)30-17-15-20-10-6-9-19-8-4-5-13-22(19)20/h1-6,8-13H,7,14-17,28H2,(H2,29,30,33). The lowest BCUT2D eigenvalue weighted by Crippen LogP contribution is -2.37. The molecule has 0 saturated heterocycles. The predicted octanol–water partition coefficient (Wildman–Crippen LogP) is 3.95. The first-order valence-electron chi connectivity index (χ1n) is 11.0. The second-order valence-electron chi connectivity index (χ2n) is 7.74. The maximum absolute atomic E-state index is 12.2. The Hall–Kier alpha value is -4.31. The third-order valence-corrected chi connectivity index (χ3v) is 5.54. The Morgan fingerprint density at radius 3 is 2.48 bits per heavy atom. The summed E-state index contributed by atoms with van der Waals surface area (Å²) in [5, 5.41) is 22.2. The number of anilines is 1. The highest BCUT2D eigenvalue weighted by Gasteiger charge is 2.16. The maximum atomic E-state index is 12.2. The summed E-state index contributed by atoms with van der Waals surface area (Å²) in [5.74, 6) is 0.331. The van der Waals surface area contributed by atoms with Gasteiger partial charge in [-0.15, -0.1) is 0 Å². The summed E-state index contributed by atoms with van der Waals surface area (Å²) >= 11 is 0. The van der Waals surface area contributed by atoms with Gasteiger partial charge in [0.1, 0.15) is 17.5 Å². The molecule has 0 fully saturated rings. The molecule has 0 unspecified atom stereocenters. The van der Waals surface area contributed by atoms with Crippen LogP contribution in [0.1, 0.15) is 23.2 Å². The van der Waals surface area contributed by atoms with E-state index in [2.05, 4.69) is 46.1 Å². The largest absolute Gasteiger partial charge is 0.382 e. The number of nitriles is 1. The van der Waals surface area contributed by atoms with E-state index >= 15 is 0 Å². The molecular weight excluding hydrogens is 412 g/mol. The monoisotopic (exact) mass is 438 g/mol. The number of hydrogen-bond acceptors (Lipinski definition) is 4. The van der Waals surface area contributed by atoms with Gasteiger partial charge in [0.05, 0.1) is 11.4 Å². The Morgan fingerprint density at radius 2 is 1.67 bits per heavy atom. The lowest BCUT2D eigenvalue weighted by atomic mass is 10.0. The molecular formula is C26H26N6O. The number of amides is 2. The molecule has 0 spiro atoms. The van der Waals surface area contributed by atoms with Crippen molar-refractivity contribution in [2.45, 2.75) is 19.3 Å². The summed E-state index contributed by atoms with van der Waals surface area (Å²) in [4.78, 5) is 12.2. The van der Waals surface area contributed by atoms with Crippen molar-refractivity contribution < 1.29 is 4.79 Å². The fourth-order valence-electron chi connectivity index (χ4n) is 3.88. The van der Waals surface area contributed by atoms with Gasteiger partial charge < -0.3 is 16.4 Å². The van der Waals surface area contributed by atoms with Gasteiger partial charge in [-0.25, -0.2) is 9.48 Å². The summed E-state index contributed by atoms with van der Waals surface area (Å²) in [5.41, 5.74) is 9.18. The Bertz CT molecular complexity index is 1280. The van der Waals surface area contributed by atoms with E-state index < -0.39 is 0 Å². The summed E-state index contributed by atoms with van der Waals surface area (Å²) in [6, 6.07) is 25.9. The fraction of sp³-hybridized carbons (Fsp3) is 0.192. The van der Waals surface area contributed by atoms with Crippen molar-refractivity contribution in [2.75, 3.05) is 18.8 Å². The number of hydrogen-bond donors (Lipinski definition) is 3. The SMILES string of the molecule is N#Cc1c(CCCNC(=O)NCCc2cccc3ccccc23)nn(-c2ccccc2)c1N. The molecule has 7 nitrogen and oxygen atoms in total. The van der Waals surface area contributed by atoms with Crippen LogP contribution in [-0.2, 0) is 12.8 Å². The molecule has 0 radical (unpaired) electrons. The van der Waals surface area contributed by atoms with Gasteiger partial charge in [-0.1, -0.05) is 60.7 Å². The van der Waals surface area contributed by atoms with Crippen LogP contribution in [0, 0.1) is 11.3 Å². The van der Waals surface area contributed by atoms with Crippen molar-refractivity contribution in [3.63, 3.8) is 0 Å². The Labute approximate surface area is 192 Å². The number of carbonyl (C=O) groups excluding carboxylic acids is 1.